The second-order valence-electron chi connectivity index (χ2n) is 5.60. The molecule has 0 unspecified atom stereocenters. The fourth-order valence-electron chi connectivity index (χ4n) is 2.82. The molecule has 0 radical (unpaired) electrons. The van der Waals surface area contributed by atoms with Gasteiger partial charge in [-0.25, -0.2) is 0 Å². The average molecular weight is 316 g/mol. The Kier molecular flexibility index (Phi) is 4.62. The molecule has 122 valence electrons. The normalized spacial score (nSPS) is 17.2. The quantitative estimate of drug-likeness (QED) is 0.827. The van der Waals surface area contributed by atoms with Crippen LogP contribution in [0.3, 0.4) is 0 Å². The number of carbonyl (C=O) groups is 2. The topological polar surface area (TPSA) is 59.1 Å². The highest BCUT2D eigenvalue weighted by atomic mass is 16.5. The lowest BCUT2D eigenvalue weighted by Gasteiger charge is -2.35. The van der Waals surface area contributed by atoms with Gasteiger partial charge in [0.25, 0.3) is 5.91 Å². The van der Waals surface area contributed by atoms with Crippen LogP contribution in [0.1, 0.15) is 5.56 Å². The Morgan fingerprint density at radius 1 is 1.13 bits per heavy atom. The second-order valence-corrected chi connectivity index (χ2v) is 5.60. The summed E-state index contributed by atoms with van der Waals surface area (Å²) in [6.45, 7) is 2.53. The van der Waals surface area contributed by atoms with Crippen LogP contribution in [0.4, 0.5) is 0 Å². The molecule has 2 aliphatic rings. The number of methoxy groups -OCH3 is 1. The molecule has 0 bridgehead atoms. The van der Waals surface area contributed by atoms with Gasteiger partial charge in [0.1, 0.15) is 19.0 Å². The van der Waals surface area contributed by atoms with Gasteiger partial charge in [0, 0.05) is 38.9 Å². The summed E-state index contributed by atoms with van der Waals surface area (Å²) in [5.74, 6) is 0.756. The standard InChI is InChI=1S/C17H20N2O4/c1-22-12-16(20)18-6-8-19(9-7-18)17(21)14-10-13-4-2-3-5-15(13)23-11-14/h2-5,10H,6-9,11-12H2,1H3. The summed E-state index contributed by atoms with van der Waals surface area (Å²) in [6.07, 6.45) is 1.89. The minimum absolute atomic E-state index is 0.0154. The molecule has 2 amide bonds. The fourth-order valence-corrected chi connectivity index (χ4v) is 2.82. The van der Waals surface area contributed by atoms with Crippen molar-refractivity contribution < 1.29 is 19.1 Å². The van der Waals surface area contributed by atoms with E-state index in [1.165, 1.54) is 7.11 Å². The van der Waals surface area contributed by atoms with E-state index in [-0.39, 0.29) is 18.4 Å². The predicted octanol–water partition coefficient (Wildman–Crippen LogP) is 0.780. The van der Waals surface area contributed by atoms with E-state index in [9.17, 15) is 9.59 Å². The molecule has 23 heavy (non-hydrogen) atoms. The zero-order chi connectivity index (χ0) is 16.2. The molecular weight excluding hydrogens is 296 g/mol. The Morgan fingerprint density at radius 3 is 2.57 bits per heavy atom. The molecule has 6 nitrogen and oxygen atoms in total. The molecule has 2 aliphatic heterocycles. The Morgan fingerprint density at radius 2 is 1.83 bits per heavy atom. The average Bonchev–Trinajstić information content (AvgIpc) is 2.61. The molecule has 0 aromatic heterocycles. The molecule has 0 aliphatic carbocycles. The van der Waals surface area contributed by atoms with Crippen molar-refractivity contribution in [3.8, 4) is 5.75 Å². The minimum atomic E-state index is -0.0336. The van der Waals surface area contributed by atoms with Crippen LogP contribution in [0.5, 0.6) is 5.75 Å². The summed E-state index contributed by atoms with van der Waals surface area (Å²) in [4.78, 5) is 27.9. The number of hydrogen-bond acceptors (Lipinski definition) is 4. The van der Waals surface area contributed by atoms with Gasteiger partial charge in [-0.1, -0.05) is 18.2 Å². The molecule has 6 heteroatoms. The highest BCUT2D eigenvalue weighted by molar-refractivity contribution is 5.99. The van der Waals surface area contributed by atoms with Gasteiger partial charge in [-0.3, -0.25) is 9.59 Å². The van der Waals surface area contributed by atoms with E-state index >= 15 is 0 Å². The summed E-state index contributed by atoms with van der Waals surface area (Å²) in [6, 6.07) is 7.67. The van der Waals surface area contributed by atoms with Crippen LogP contribution in [-0.2, 0) is 14.3 Å². The van der Waals surface area contributed by atoms with E-state index in [2.05, 4.69) is 0 Å². The molecular formula is C17H20N2O4. The van der Waals surface area contributed by atoms with Crippen LogP contribution in [0.25, 0.3) is 6.08 Å². The lowest BCUT2D eigenvalue weighted by Crippen LogP contribution is -2.52. The molecule has 0 atom stereocenters. The molecule has 0 spiro atoms. The Bertz CT molecular complexity index is 633. The summed E-state index contributed by atoms with van der Waals surface area (Å²) >= 11 is 0. The summed E-state index contributed by atoms with van der Waals surface area (Å²) in [5.41, 5.74) is 1.58. The van der Waals surface area contributed by atoms with E-state index in [1.54, 1.807) is 9.80 Å². The van der Waals surface area contributed by atoms with Gasteiger partial charge in [0.2, 0.25) is 5.91 Å². The number of ether oxygens (including phenoxy) is 2. The van der Waals surface area contributed by atoms with Gasteiger partial charge in [-0.15, -0.1) is 0 Å². The summed E-state index contributed by atoms with van der Waals surface area (Å²) in [5, 5.41) is 0. The van der Waals surface area contributed by atoms with Gasteiger partial charge >= 0.3 is 0 Å². The molecule has 1 fully saturated rings. The zero-order valence-corrected chi connectivity index (χ0v) is 13.2. The first-order chi connectivity index (χ1) is 11.2. The minimum Gasteiger partial charge on any atom is -0.488 e. The molecule has 3 rings (SSSR count). The third-order valence-electron chi connectivity index (χ3n) is 4.09. The van der Waals surface area contributed by atoms with Gasteiger partial charge in [-0.05, 0) is 12.1 Å². The van der Waals surface area contributed by atoms with Crippen LogP contribution in [-0.4, -0.2) is 68.1 Å². The van der Waals surface area contributed by atoms with E-state index in [0.29, 0.717) is 38.4 Å². The third kappa shape index (κ3) is 3.37. The van der Waals surface area contributed by atoms with Crippen LogP contribution >= 0.6 is 0 Å². The molecule has 0 saturated carbocycles. The number of nitrogens with zero attached hydrogens (tertiary/aromatic N) is 2. The number of amides is 2. The number of piperazine rings is 1. The lowest BCUT2D eigenvalue weighted by atomic mass is 10.1. The third-order valence-corrected chi connectivity index (χ3v) is 4.09. The Hall–Kier alpha value is -2.34. The number of rotatable bonds is 3. The van der Waals surface area contributed by atoms with Crippen molar-refractivity contribution in [3.63, 3.8) is 0 Å². The fraction of sp³-hybridized carbons (Fsp3) is 0.412. The molecule has 1 aromatic carbocycles. The van der Waals surface area contributed by atoms with E-state index < -0.39 is 0 Å². The predicted molar refractivity (Wildman–Crippen MR) is 85.0 cm³/mol. The maximum absolute atomic E-state index is 12.6. The van der Waals surface area contributed by atoms with Gasteiger partial charge in [-0.2, -0.15) is 0 Å². The lowest BCUT2D eigenvalue weighted by molar-refractivity contribution is -0.140. The maximum Gasteiger partial charge on any atom is 0.253 e. The van der Waals surface area contributed by atoms with Crippen LogP contribution in [0.15, 0.2) is 29.8 Å². The first-order valence-electron chi connectivity index (χ1n) is 7.67. The van der Waals surface area contributed by atoms with Crippen molar-refractivity contribution in [2.24, 2.45) is 0 Å². The van der Waals surface area contributed by atoms with Crippen molar-refractivity contribution in [2.75, 3.05) is 46.5 Å². The number of para-hydroxylation sites is 1. The van der Waals surface area contributed by atoms with Gasteiger partial charge < -0.3 is 19.3 Å². The van der Waals surface area contributed by atoms with Crippen molar-refractivity contribution in [1.29, 1.82) is 0 Å². The van der Waals surface area contributed by atoms with Crippen molar-refractivity contribution in [3.05, 3.63) is 35.4 Å². The first kappa shape index (κ1) is 15.6. The zero-order valence-electron chi connectivity index (χ0n) is 13.2. The summed E-state index contributed by atoms with van der Waals surface area (Å²) < 4.78 is 10.5. The highest BCUT2D eigenvalue weighted by Crippen LogP contribution is 2.26. The highest BCUT2D eigenvalue weighted by Gasteiger charge is 2.27. The van der Waals surface area contributed by atoms with Crippen molar-refractivity contribution in [2.45, 2.75) is 0 Å². The number of fused-ring (bicyclic) bond motifs is 1. The number of benzene rings is 1. The molecule has 1 aromatic rings. The van der Waals surface area contributed by atoms with E-state index in [4.69, 9.17) is 9.47 Å². The Labute approximate surface area is 135 Å². The maximum atomic E-state index is 12.6. The van der Waals surface area contributed by atoms with Crippen molar-refractivity contribution in [1.82, 2.24) is 9.80 Å². The van der Waals surface area contributed by atoms with Crippen LogP contribution < -0.4 is 4.74 Å². The van der Waals surface area contributed by atoms with Gasteiger partial charge in [0.05, 0.1) is 5.57 Å². The van der Waals surface area contributed by atoms with Crippen LogP contribution in [0, 0.1) is 0 Å². The monoisotopic (exact) mass is 316 g/mol. The molecule has 2 heterocycles. The number of hydrogen-bond donors (Lipinski definition) is 0. The summed E-state index contributed by atoms with van der Waals surface area (Å²) in [7, 11) is 1.51. The largest absolute Gasteiger partial charge is 0.488 e. The van der Waals surface area contributed by atoms with E-state index in [0.717, 1.165) is 11.3 Å². The van der Waals surface area contributed by atoms with Gasteiger partial charge in [0.15, 0.2) is 0 Å². The molecule has 1 saturated heterocycles. The molecule has 0 N–H and O–H groups in total. The first-order valence-corrected chi connectivity index (χ1v) is 7.67. The second kappa shape index (κ2) is 6.83. The van der Waals surface area contributed by atoms with Crippen LogP contribution in [0.2, 0.25) is 0 Å². The number of carbonyl (C=O) groups excluding carboxylic acids is 2. The van der Waals surface area contributed by atoms with E-state index in [1.807, 2.05) is 30.3 Å². The SMILES string of the molecule is COCC(=O)N1CCN(C(=O)C2=Cc3ccccc3OC2)CC1. The van der Waals surface area contributed by atoms with Crippen molar-refractivity contribution >= 4 is 17.9 Å². The smallest absolute Gasteiger partial charge is 0.253 e. The Balaban J connectivity index is 1.62.